The molecule has 2 rings (SSSR count). The minimum Gasteiger partial charge on any atom is -0.314 e. The van der Waals surface area contributed by atoms with E-state index in [0.29, 0.717) is 0 Å². The van der Waals surface area contributed by atoms with Crippen molar-refractivity contribution in [1.29, 1.82) is 0 Å². The molecule has 0 aromatic heterocycles. The zero-order valence-corrected chi connectivity index (χ0v) is 8.76. The molecular weight excluding hydrogens is 160 g/mol. The Balaban J connectivity index is 1.51. The van der Waals surface area contributed by atoms with Gasteiger partial charge < -0.3 is 10.2 Å². The van der Waals surface area contributed by atoms with Gasteiger partial charge in [-0.25, -0.2) is 0 Å². The second-order valence-corrected chi connectivity index (χ2v) is 4.65. The second-order valence-electron chi connectivity index (χ2n) is 4.65. The molecule has 0 spiro atoms. The highest BCUT2D eigenvalue weighted by Gasteiger charge is 2.22. The first-order valence-corrected chi connectivity index (χ1v) is 5.80. The molecule has 2 aliphatic rings. The predicted octanol–water partition coefficient (Wildman–Crippen LogP) is 1.61. The molecule has 1 aliphatic heterocycles. The van der Waals surface area contributed by atoms with Crippen LogP contribution in [0.25, 0.3) is 0 Å². The van der Waals surface area contributed by atoms with Crippen molar-refractivity contribution in [1.82, 2.24) is 10.2 Å². The Bertz CT molecular complexity index is 154. The summed E-state index contributed by atoms with van der Waals surface area (Å²) in [6.45, 7) is 2.57. The fourth-order valence-corrected chi connectivity index (χ4v) is 2.28. The first-order valence-electron chi connectivity index (χ1n) is 5.80. The van der Waals surface area contributed by atoms with Crippen molar-refractivity contribution in [3.8, 4) is 0 Å². The second kappa shape index (κ2) is 4.43. The third-order valence-electron chi connectivity index (χ3n) is 3.40. The van der Waals surface area contributed by atoms with Crippen LogP contribution in [0.15, 0.2) is 0 Å². The molecule has 76 valence electrons. The SMILES string of the molecule is CN1CCCC1CCCNC1CC1. The lowest BCUT2D eigenvalue weighted by atomic mass is 10.1. The number of nitrogens with zero attached hydrogens (tertiary/aromatic N) is 1. The smallest absolute Gasteiger partial charge is 0.00931 e. The topological polar surface area (TPSA) is 15.3 Å². The van der Waals surface area contributed by atoms with Gasteiger partial charge >= 0.3 is 0 Å². The lowest BCUT2D eigenvalue weighted by molar-refractivity contribution is 0.291. The van der Waals surface area contributed by atoms with E-state index in [1.165, 1.54) is 51.6 Å². The van der Waals surface area contributed by atoms with E-state index in [9.17, 15) is 0 Å². The summed E-state index contributed by atoms with van der Waals surface area (Å²) in [4.78, 5) is 2.52. The normalized spacial score (nSPS) is 29.8. The van der Waals surface area contributed by atoms with E-state index in [2.05, 4.69) is 17.3 Å². The fourth-order valence-electron chi connectivity index (χ4n) is 2.28. The van der Waals surface area contributed by atoms with Crippen molar-refractivity contribution in [2.75, 3.05) is 20.1 Å². The maximum atomic E-state index is 3.58. The molecule has 0 radical (unpaired) electrons. The van der Waals surface area contributed by atoms with E-state index in [0.717, 1.165) is 12.1 Å². The van der Waals surface area contributed by atoms with Crippen LogP contribution in [-0.4, -0.2) is 37.1 Å². The molecule has 2 heteroatoms. The lowest BCUT2D eigenvalue weighted by Gasteiger charge is -2.18. The molecule has 2 nitrogen and oxygen atoms in total. The molecule has 1 aliphatic carbocycles. The molecule has 0 aromatic rings. The van der Waals surface area contributed by atoms with Gasteiger partial charge in [0.2, 0.25) is 0 Å². The van der Waals surface area contributed by atoms with Crippen LogP contribution in [0.4, 0.5) is 0 Å². The Morgan fingerprint density at radius 1 is 1.31 bits per heavy atom. The van der Waals surface area contributed by atoms with Crippen LogP contribution in [0, 0.1) is 0 Å². The number of likely N-dealkylation sites (tertiary alicyclic amines) is 1. The predicted molar refractivity (Wildman–Crippen MR) is 55.9 cm³/mol. The molecule has 1 heterocycles. The zero-order chi connectivity index (χ0) is 9.10. The molecule has 1 N–H and O–H groups in total. The maximum Gasteiger partial charge on any atom is 0.00931 e. The average molecular weight is 182 g/mol. The number of hydrogen-bond donors (Lipinski definition) is 1. The quantitative estimate of drug-likeness (QED) is 0.650. The summed E-state index contributed by atoms with van der Waals surface area (Å²) >= 11 is 0. The molecule has 0 amide bonds. The third kappa shape index (κ3) is 2.96. The van der Waals surface area contributed by atoms with Gasteiger partial charge in [0, 0.05) is 12.1 Å². The Morgan fingerprint density at radius 2 is 2.15 bits per heavy atom. The van der Waals surface area contributed by atoms with Gasteiger partial charge in [0.15, 0.2) is 0 Å². The molecule has 2 fully saturated rings. The summed E-state index contributed by atoms with van der Waals surface area (Å²) < 4.78 is 0. The summed E-state index contributed by atoms with van der Waals surface area (Å²) in [6, 6.07) is 1.78. The first kappa shape index (κ1) is 9.47. The van der Waals surface area contributed by atoms with Gasteiger partial charge in [0.05, 0.1) is 0 Å². The summed E-state index contributed by atoms with van der Waals surface area (Å²) in [5.74, 6) is 0. The lowest BCUT2D eigenvalue weighted by Crippen LogP contribution is -2.26. The van der Waals surface area contributed by atoms with Gasteiger partial charge in [0.25, 0.3) is 0 Å². The average Bonchev–Trinajstić information content (AvgIpc) is 2.86. The van der Waals surface area contributed by atoms with Crippen molar-refractivity contribution in [3.05, 3.63) is 0 Å². The Kier molecular flexibility index (Phi) is 3.23. The largest absolute Gasteiger partial charge is 0.314 e. The van der Waals surface area contributed by atoms with Gasteiger partial charge in [-0.2, -0.15) is 0 Å². The summed E-state index contributed by atoms with van der Waals surface area (Å²) in [6.07, 6.45) is 8.45. The van der Waals surface area contributed by atoms with Crippen molar-refractivity contribution in [2.45, 2.75) is 50.6 Å². The minimum atomic E-state index is 0.890. The Morgan fingerprint density at radius 3 is 2.77 bits per heavy atom. The summed E-state index contributed by atoms with van der Waals surface area (Å²) in [5.41, 5.74) is 0. The standard InChI is InChI=1S/C11H22N2/c1-13-9-3-5-11(13)4-2-8-12-10-6-7-10/h10-12H,2-9H2,1H3. The van der Waals surface area contributed by atoms with E-state index in [1.807, 2.05) is 0 Å². The molecule has 1 saturated carbocycles. The van der Waals surface area contributed by atoms with E-state index in [4.69, 9.17) is 0 Å². The van der Waals surface area contributed by atoms with Crippen molar-refractivity contribution >= 4 is 0 Å². The van der Waals surface area contributed by atoms with Crippen LogP contribution in [0.2, 0.25) is 0 Å². The fraction of sp³-hybridized carbons (Fsp3) is 1.00. The van der Waals surface area contributed by atoms with E-state index in [-0.39, 0.29) is 0 Å². The van der Waals surface area contributed by atoms with E-state index >= 15 is 0 Å². The van der Waals surface area contributed by atoms with Crippen molar-refractivity contribution in [2.24, 2.45) is 0 Å². The minimum absolute atomic E-state index is 0.890. The van der Waals surface area contributed by atoms with Crippen LogP contribution in [-0.2, 0) is 0 Å². The van der Waals surface area contributed by atoms with Gasteiger partial charge in [-0.15, -0.1) is 0 Å². The van der Waals surface area contributed by atoms with Crippen LogP contribution in [0.3, 0.4) is 0 Å². The van der Waals surface area contributed by atoms with E-state index in [1.54, 1.807) is 0 Å². The molecule has 0 aromatic carbocycles. The monoisotopic (exact) mass is 182 g/mol. The maximum absolute atomic E-state index is 3.58. The summed E-state index contributed by atoms with van der Waals surface area (Å²) in [5, 5.41) is 3.58. The molecule has 0 bridgehead atoms. The van der Waals surface area contributed by atoms with Crippen molar-refractivity contribution in [3.63, 3.8) is 0 Å². The van der Waals surface area contributed by atoms with Crippen LogP contribution in [0.1, 0.15) is 38.5 Å². The van der Waals surface area contributed by atoms with Crippen LogP contribution < -0.4 is 5.32 Å². The highest BCUT2D eigenvalue weighted by molar-refractivity contribution is 4.81. The molecule has 13 heavy (non-hydrogen) atoms. The summed E-state index contributed by atoms with van der Waals surface area (Å²) in [7, 11) is 2.27. The molecular formula is C11H22N2. The van der Waals surface area contributed by atoms with Crippen LogP contribution >= 0.6 is 0 Å². The van der Waals surface area contributed by atoms with Gasteiger partial charge in [-0.1, -0.05) is 0 Å². The van der Waals surface area contributed by atoms with Gasteiger partial charge in [-0.3, -0.25) is 0 Å². The number of rotatable bonds is 5. The van der Waals surface area contributed by atoms with Gasteiger partial charge in [0.1, 0.15) is 0 Å². The van der Waals surface area contributed by atoms with Crippen molar-refractivity contribution < 1.29 is 0 Å². The third-order valence-corrected chi connectivity index (χ3v) is 3.40. The molecule has 1 unspecified atom stereocenters. The highest BCUT2D eigenvalue weighted by Crippen LogP contribution is 2.20. The zero-order valence-electron chi connectivity index (χ0n) is 8.76. The van der Waals surface area contributed by atoms with E-state index < -0.39 is 0 Å². The number of hydrogen-bond acceptors (Lipinski definition) is 2. The Hall–Kier alpha value is -0.0800. The van der Waals surface area contributed by atoms with Crippen LogP contribution in [0.5, 0.6) is 0 Å². The first-order chi connectivity index (χ1) is 6.36. The Labute approximate surface area is 81.7 Å². The molecule has 1 atom stereocenters. The highest BCUT2D eigenvalue weighted by atomic mass is 15.1. The number of nitrogens with one attached hydrogen (secondary N) is 1. The van der Waals surface area contributed by atoms with Gasteiger partial charge in [-0.05, 0) is 58.7 Å². The molecule has 1 saturated heterocycles.